The third-order valence-corrected chi connectivity index (χ3v) is 3.37. The van der Waals surface area contributed by atoms with E-state index in [-0.39, 0.29) is 0 Å². The zero-order chi connectivity index (χ0) is 3.86. The van der Waals surface area contributed by atoms with Crippen molar-refractivity contribution < 1.29 is 0 Å². The Kier molecular flexibility index (Phi) is 1.01. The Morgan fingerprint density at radius 2 is 1.40 bits per heavy atom. The van der Waals surface area contributed by atoms with E-state index in [1.165, 1.54) is 6.42 Å². The molecule has 5 heavy (non-hydrogen) atoms. The third kappa shape index (κ3) is 0.897. The van der Waals surface area contributed by atoms with Crippen molar-refractivity contribution in [1.29, 1.82) is 0 Å². The van der Waals surface area contributed by atoms with Crippen LogP contribution in [0.3, 0.4) is 0 Å². The quantitative estimate of drug-likeness (QED) is 0.524. The maximum atomic E-state index is 3.40. The van der Waals surface area contributed by atoms with Gasteiger partial charge in [0.05, 0.1) is 0 Å². The number of halogens is 2. The summed E-state index contributed by atoms with van der Waals surface area (Å²) in [6, 6.07) is 0. The third-order valence-electron chi connectivity index (χ3n) is 0.640. The van der Waals surface area contributed by atoms with E-state index in [2.05, 4.69) is 31.9 Å². The van der Waals surface area contributed by atoms with E-state index in [9.17, 15) is 0 Å². The molecule has 0 aromatic carbocycles. The zero-order valence-corrected chi connectivity index (χ0v) is 5.79. The summed E-state index contributed by atoms with van der Waals surface area (Å²) < 4.78 is 0. The number of hydrogen-bond donors (Lipinski definition) is 0. The van der Waals surface area contributed by atoms with Gasteiger partial charge in [0, 0.05) is 9.65 Å². The largest absolute Gasteiger partial charge is 0.0878 e. The molecule has 0 N–H and O–H groups in total. The van der Waals surface area contributed by atoms with Crippen LogP contribution in [-0.2, 0) is 0 Å². The molecule has 0 unspecified atom stereocenters. The highest BCUT2D eigenvalue weighted by Crippen LogP contribution is 2.36. The van der Waals surface area contributed by atoms with Gasteiger partial charge in [0.15, 0.2) is 0 Å². The molecular formula is C3H4Br2. The smallest absolute Gasteiger partial charge is 0.0282 e. The van der Waals surface area contributed by atoms with Crippen LogP contribution in [0.4, 0.5) is 0 Å². The van der Waals surface area contributed by atoms with Crippen molar-refractivity contribution in [2.75, 3.05) is 0 Å². The van der Waals surface area contributed by atoms with Crippen LogP contribution in [0.5, 0.6) is 0 Å². The Bertz CT molecular complexity index is 38.2. The molecule has 0 heterocycles. The van der Waals surface area contributed by atoms with Crippen molar-refractivity contribution >= 4 is 31.9 Å². The van der Waals surface area contributed by atoms with E-state index in [1.54, 1.807) is 0 Å². The predicted octanol–water partition coefficient (Wildman–Crippen LogP) is 1.92. The summed E-state index contributed by atoms with van der Waals surface area (Å²) in [4.78, 5) is 1.56. The first-order chi connectivity index (χ1) is 2.30. The van der Waals surface area contributed by atoms with Crippen molar-refractivity contribution in [2.45, 2.75) is 16.1 Å². The van der Waals surface area contributed by atoms with Crippen molar-refractivity contribution in [2.24, 2.45) is 0 Å². The molecule has 0 saturated heterocycles. The number of hydrogen-bond acceptors (Lipinski definition) is 0. The molecule has 30 valence electrons. The summed E-state index contributed by atoms with van der Waals surface area (Å²) >= 11 is 6.80. The highest BCUT2D eigenvalue weighted by molar-refractivity contribution is 9.12. The average Bonchev–Trinajstić information content (AvgIpc) is 1.79. The fourth-order valence-corrected chi connectivity index (χ4v) is 1.44. The van der Waals surface area contributed by atoms with Gasteiger partial charge in [-0.1, -0.05) is 31.9 Å². The van der Waals surface area contributed by atoms with Crippen LogP contribution in [0.25, 0.3) is 0 Å². The molecule has 2 heteroatoms. The topological polar surface area (TPSA) is 0 Å². The van der Waals surface area contributed by atoms with Crippen LogP contribution in [0.1, 0.15) is 6.42 Å². The molecule has 1 aliphatic carbocycles. The molecule has 0 bridgehead atoms. The molecule has 0 spiro atoms. The van der Waals surface area contributed by atoms with Crippen molar-refractivity contribution in [3.63, 3.8) is 0 Å². The maximum absolute atomic E-state index is 3.40. The van der Waals surface area contributed by atoms with E-state index < -0.39 is 0 Å². The lowest BCUT2D eigenvalue weighted by atomic mass is 11.0. The van der Waals surface area contributed by atoms with Gasteiger partial charge in [-0.05, 0) is 6.42 Å². The van der Waals surface area contributed by atoms with Crippen LogP contribution in [0, 0.1) is 0 Å². The lowest BCUT2D eigenvalue weighted by molar-refractivity contribution is 1.53. The summed E-state index contributed by atoms with van der Waals surface area (Å²) in [5.74, 6) is 0. The summed E-state index contributed by atoms with van der Waals surface area (Å²) in [6.45, 7) is 0. The van der Waals surface area contributed by atoms with Gasteiger partial charge in [-0.15, -0.1) is 0 Å². The molecule has 0 radical (unpaired) electrons. The fourth-order valence-electron chi connectivity index (χ4n) is 0.137. The van der Waals surface area contributed by atoms with Crippen LogP contribution in [0.2, 0.25) is 0 Å². The van der Waals surface area contributed by atoms with E-state index in [0.717, 1.165) is 9.65 Å². The molecule has 0 amide bonds. The van der Waals surface area contributed by atoms with Crippen molar-refractivity contribution in [3.05, 3.63) is 0 Å². The first-order valence-corrected chi connectivity index (χ1v) is 3.42. The Morgan fingerprint density at radius 3 is 1.40 bits per heavy atom. The minimum Gasteiger partial charge on any atom is -0.0878 e. The van der Waals surface area contributed by atoms with Crippen LogP contribution < -0.4 is 0 Å². The van der Waals surface area contributed by atoms with Gasteiger partial charge >= 0.3 is 0 Å². The van der Waals surface area contributed by atoms with E-state index in [4.69, 9.17) is 0 Å². The summed E-state index contributed by atoms with van der Waals surface area (Å²) in [5.41, 5.74) is 0. The standard InChI is InChI=1S/C3H4Br2/c4-2-1-3(2)5/h2-3H,1H2/t2-,3+. The molecule has 0 aromatic heterocycles. The molecule has 2 atom stereocenters. The molecule has 0 aromatic rings. The summed E-state index contributed by atoms with van der Waals surface area (Å²) in [5, 5.41) is 0. The molecule has 1 saturated carbocycles. The molecule has 0 nitrogen and oxygen atoms in total. The second kappa shape index (κ2) is 1.23. The summed E-state index contributed by atoms with van der Waals surface area (Å²) in [6.07, 6.45) is 1.31. The Labute approximate surface area is 48.2 Å². The van der Waals surface area contributed by atoms with Gasteiger partial charge in [0.1, 0.15) is 0 Å². The SMILES string of the molecule is Br[C@@H]1C[C@@H]1Br. The average molecular weight is 200 g/mol. The van der Waals surface area contributed by atoms with E-state index in [0.29, 0.717) is 0 Å². The summed E-state index contributed by atoms with van der Waals surface area (Å²) in [7, 11) is 0. The normalized spacial score (nSPS) is 49.2. The molecule has 1 fully saturated rings. The number of rotatable bonds is 0. The van der Waals surface area contributed by atoms with Crippen molar-refractivity contribution in [1.82, 2.24) is 0 Å². The fraction of sp³-hybridized carbons (Fsp3) is 1.00. The predicted molar refractivity (Wildman–Crippen MR) is 30.0 cm³/mol. The lowest BCUT2D eigenvalue weighted by Gasteiger charge is -1.62. The number of alkyl halides is 2. The molecule has 0 aliphatic heterocycles. The maximum Gasteiger partial charge on any atom is 0.0282 e. The monoisotopic (exact) mass is 198 g/mol. The van der Waals surface area contributed by atoms with Crippen LogP contribution in [-0.4, -0.2) is 9.65 Å². The minimum atomic E-state index is 0.780. The van der Waals surface area contributed by atoms with Gasteiger partial charge in [0.2, 0.25) is 0 Å². The first-order valence-electron chi connectivity index (χ1n) is 1.59. The van der Waals surface area contributed by atoms with Gasteiger partial charge in [-0.2, -0.15) is 0 Å². The Morgan fingerprint density at radius 1 is 1.20 bits per heavy atom. The minimum absolute atomic E-state index is 0.780. The second-order valence-electron chi connectivity index (χ2n) is 1.27. The van der Waals surface area contributed by atoms with Crippen molar-refractivity contribution in [3.8, 4) is 0 Å². The van der Waals surface area contributed by atoms with Gasteiger partial charge < -0.3 is 0 Å². The highest BCUT2D eigenvalue weighted by atomic mass is 79.9. The Balaban J connectivity index is 2.20. The lowest BCUT2D eigenvalue weighted by Crippen LogP contribution is -1.61. The van der Waals surface area contributed by atoms with Gasteiger partial charge in [0.25, 0.3) is 0 Å². The second-order valence-corrected chi connectivity index (χ2v) is 3.62. The van der Waals surface area contributed by atoms with E-state index in [1.807, 2.05) is 0 Å². The van der Waals surface area contributed by atoms with Gasteiger partial charge in [-0.25, -0.2) is 0 Å². The van der Waals surface area contributed by atoms with Crippen LogP contribution in [0.15, 0.2) is 0 Å². The molecule has 1 aliphatic rings. The van der Waals surface area contributed by atoms with E-state index >= 15 is 0 Å². The molecular weight excluding hydrogens is 196 g/mol. The van der Waals surface area contributed by atoms with Gasteiger partial charge in [-0.3, -0.25) is 0 Å². The van der Waals surface area contributed by atoms with Crippen LogP contribution >= 0.6 is 31.9 Å². The zero-order valence-electron chi connectivity index (χ0n) is 2.62. The Hall–Kier alpha value is 0.960. The molecule has 1 rings (SSSR count). The first kappa shape index (κ1) is 4.13. The highest BCUT2D eigenvalue weighted by Gasteiger charge is 2.31.